The summed E-state index contributed by atoms with van der Waals surface area (Å²) in [6.07, 6.45) is 7.66. The number of likely N-dealkylation sites (tertiary alicyclic amines) is 1. The van der Waals surface area contributed by atoms with Gasteiger partial charge in [-0.15, -0.1) is 11.3 Å². The Balaban J connectivity index is 1.04. The van der Waals surface area contributed by atoms with E-state index in [0.29, 0.717) is 29.3 Å². The van der Waals surface area contributed by atoms with Gasteiger partial charge in [0.1, 0.15) is 24.6 Å². The molecule has 274 valence electrons. The van der Waals surface area contributed by atoms with Crippen molar-refractivity contribution in [3.63, 3.8) is 0 Å². The van der Waals surface area contributed by atoms with Crippen LogP contribution in [0, 0.1) is 23.6 Å². The van der Waals surface area contributed by atoms with Crippen molar-refractivity contribution in [2.75, 3.05) is 25.0 Å². The molecule has 1 saturated carbocycles. The van der Waals surface area contributed by atoms with Crippen molar-refractivity contribution in [1.82, 2.24) is 20.2 Å². The first-order chi connectivity index (χ1) is 24.5. The molecular formula is C38H49FN6O5S. The summed E-state index contributed by atoms with van der Waals surface area (Å²) in [5.74, 6) is 0.466. The van der Waals surface area contributed by atoms with Crippen LogP contribution in [0.2, 0.25) is 0 Å². The minimum Gasteiger partial charge on any atom is -0.460 e. The Morgan fingerprint density at radius 1 is 1.08 bits per heavy atom. The van der Waals surface area contributed by atoms with E-state index in [-0.39, 0.29) is 18.3 Å². The fraction of sp³-hybridized carbons (Fsp3) is 0.500. The van der Waals surface area contributed by atoms with Crippen LogP contribution in [-0.4, -0.2) is 75.4 Å². The second-order valence-corrected chi connectivity index (χ2v) is 15.3. The third-order valence-electron chi connectivity index (χ3n) is 9.86. The lowest BCUT2D eigenvalue weighted by Crippen LogP contribution is -2.44. The summed E-state index contributed by atoms with van der Waals surface area (Å²) in [6, 6.07) is 12.0. The number of nitrogens with two attached hydrogens (primary N) is 1. The summed E-state index contributed by atoms with van der Waals surface area (Å²) in [7, 11) is 0. The molecule has 0 bridgehead atoms. The molecule has 1 aliphatic carbocycles. The van der Waals surface area contributed by atoms with Gasteiger partial charge in [-0.05, 0) is 86.1 Å². The maximum absolute atomic E-state index is 15.0. The zero-order valence-corrected chi connectivity index (χ0v) is 30.2. The molecular weight excluding hydrogens is 672 g/mol. The van der Waals surface area contributed by atoms with Gasteiger partial charge in [0.2, 0.25) is 0 Å². The summed E-state index contributed by atoms with van der Waals surface area (Å²) in [5, 5.41) is 26.7. The van der Waals surface area contributed by atoms with Crippen molar-refractivity contribution >= 4 is 33.2 Å². The van der Waals surface area contributed by atoms with Crippen LogP contribution in [0.15, 0.2) is 54.9 Å². The molecule has 11 nitrogen and oxygen atoms in total. The Labute approximate surface area is 302 Å². The van der Waals surface area contributed by atoms with Gasteiger partial charge in [0.25, 0.3) is 0 Å². The van der Waals surface area contributed by atoms with E-state index < -0.39 is 30.4 Å². The molecule has 13 heteroatoms. The number of hydrogen-bond donors (Lipinski definition) is 5. The first-order valence-electron chi connectivity index (χ1n) is 17.9. The lowest BCUT2D eigenvalue weighted by atomic mass is 9.82. The molecule has 4 heterocycles. The Bertz CT molecular complexity index is 1770. The predicted molar refractivity (Wildman–Crippen MR) is 197 cm³/mol. The van der Waals surface area contributed by atoms with Gasteiger partial charge in [0.15, 0.2) is 17.9 Å². The number of fused-ring (bicyclic) bond motifs is 1. The highest BCUT2D eigenvalue weighted by molar-refractivity contribution is 7.22. The summed E-state index contributed by atoms with van der Waals surface area (Å²) in [4.78, 5) is 24.4. The molecule has 4 aromatic rings. The molecule has 2 fully saturated rings. The molecule has 6 N–H and O–H groups in total. The van der Waals surface area contributed by atoms with E-state index in [1.54, 1.807) is 24.4 Å². The number of nitrogens with zero attached hydrogens (tertiary/aromatic N) is 3. The molecule has 1 aliphatic heterocycles. The maximum atomic E-state index is 15.0. The van der Waals surface area contributed by atoms with Gasteiger partial charge in [0.05, 0.1) is 20.8 Å². The van der Waals surface area contributed by atoms with E-state index in [9.17, 15) is 15.0 Å². The number of carbonyl (C=O) groups excluding carboxylic acids is 1. The van der Waals surface area contributed by atoms with Crippen LogP contribution in [0.4, 0.5) is 10.1 Å². The average molecular weight is 721 g/mol. The molecule has 1 aromatic carbocycles. The van der Waals surface area contributed by atoms with Crippen molar-refractivity contribution in [2.45, 2.75) is 84.0 Å². The number of aliphatic hydroxyl groups excluding tert-OH is 2. The number of aromatic nitrogens is 2. The number of halogens is 1. The number of carbonyl (C=O) groups is 1. The van der Waals surface area contributed by atoms with Crippen LogP contribution < -0.4 is 21.1 Å². The number of anilines is 1. The molecule has 0 spiro atoms. The Morgan fingerprint density at radius 3 is 2.63 bits per heavy atom. The standard InChI is InChI=1S/C38H49FN6O5S/c1-22(2)35(40)37(47)49-21-34(46)45-15-4-5-25(23(3)13-16-45)17-24-6-10-29(42-20-24)33-19-30-36(51-33)32(12-14-41-30)50-31-11-9-27(18-28(31)39)44-38(48)43-26-7-8-26/h6,9-12,14,18-20,22-23,25-26,34-35,38,43-44,46,48H,4-5,7-8,13,15-17,21,40H2,1-3H3/t23?,25?,34?,35-,38?/m0/s1. The normalized spacial score (nSPS) is 20.4. The summed E-state index contributed by atoms with van der Waals surface area (Å²) >= 11 is 1.50. The second-order valence-electron chi connectivity index (χ2n) is 14.2. The number of ether oxygens (including phenoxy) is 2. The number of rotatable bonds is 14. The molecule has 4 unspecified atom stereocenters. The van der Waals surface area contributed by atoms with Gasteiger partial charge in [-0.2, -0.15) is 0 Å². The number of esters is 1. The molecule has 2 aliphatic rings. The molecule has 3 aromatic heterocycles. The van der Waals surface area contributed by atoms with Crippen molar-refractivity contribution in [3.8, 4) is 22.1 Å². The van der Waals surface area contributed by atoms with Gasteiger partial charge >= 0.3 is 5.97 Å². The molecule has 0 amide bonds. The minimum absolute atomic E-state index is 0.0226. The summed E-state index contributed by atoms with van der Waals surface area (Å²) in [6.45, 7) is 7.39. The number of hydrogen-bond acceptors (Lipinski definition) is 12. The fourth-order valence-corrected chi connectivity index (χ4v) is 7.41. The largest absolute Gasteiger partial charge is 0.460 e. The van der Waals surface area contributed by atoms with Gasteiger partial charge in [-0.3, -0.25) is 25.0 Å². The molecule has 5 atom stereocenters. The Morgan fingerprint density at radius 2 is 1.90 bits per heavy atom. The quantitative estimate of drug-likeness (QED) is 0.0787. The van der Waals surface area contributed by atoms with Crippen LogP contribution >= 0.6 is 11.3 Å². The third-order valence-corrected chi connectivity index (χ3v) is 11.0. The molecule has 0 radical (unpaired) electrons. The van der Waals surface area contributed by atoms with Crippen LogP contribution in [0.5, 0.6) is 11.5 Å². The predicted octanol–water partition coefficient (Wildman–Crippen LogP) is 5.86. The third kappa shape index (κ3) is 9.79. The highest BCUT2D eigenvalue weighted by Crippen LogP contribution is 2.39. The molecule has 6 rings (SSSR count). The Hall–Kier alpha value is -3.72. The summed E-state index contributed by atoms with van der Waals surface area (Å²) in [5.41, 5.74) is 9.07. The highest BCUT2D eigenvalue weighted by atomic mass is 32.1. The topological polar surface area (TPSA) is 155 Å². The van der Waals surface area contributed by atoms with E-state index in [2.05, 4.69) is 28.6 Å². The number of nitrogens with one attached hydrogen (secondary N) is 2. The highest BCUT2D eigenvalue weighted by Gasteiger charge is 2.27. The van der Waals surface area contributed by atoms with Gasteiger partial charge in [-0.1, -0.05) is 26.8 Å². The smallest absolute Gasteiger partial charge is 0.323 e. The summed E-state index contributed by atoms with van der Waals surface area (Å²) < 4.78 is 27.1. The van der Waals surface area contributed by atoms with Crippen molar-refractivity contribution < 1.29 is 28.9 Å². The number of thiophene rings is 1. The SMILES string of the molecule is CC1CCN(C(O)COC(=O)[C@@H](N)C(C)C)CCCC1Cc1ccc(-c2cc3nccc(Oc4ccc(NC(O)NC5CC5)cc4F)c3s2)nc1. The lowest BCUT2D eigenvalue weighted by molar-refractivity contribution is -0.154. The zero-order chi connectivity index (χ0) is 36.1. The van der Waals surface area contributed by atoms with E-state index >= 15 is 4.39 Å². The van der Waals surface area contributed by atoms with Crippen LogP contribution in [0.3, 0.4) is 0 Å². The van der Waals surface area contributed by atoms with Crippen LogP contribution in [0.25, 0.3) is 20.8 Å². The minimum atomic E-state index is -0.949. The van der Waals surface area contributed by atoms with Crippen LogP contribution in [-0.2, 0) is 16.0 Å². The van der Waals surface area contributed by atoms with E-state index in [0.717, 1.165) is 72.4 Å². The zero-order valence-electron chi connectivity index (χ0n) is 29.4. The van der Waals surface area contributed by atoms with Crippen LogP contribution in [0.1, 0.15) is 58.4 Å². The maximum Gasteiger partial charge on any atom is 0.323 e. The number of pyridine rings is 2. The van der Waals surface area contributed by atoms with Gasteiger partial charge in [0, 0.05) is 49.3 Å². The van der Waals surface area contributed by atoms with Crippen molar-refractivity contribution in [1.29, 1.82) is 0 Å². The molecule has 1 saturated heterocycles. The first kappa shape index (κ1) is 37.1. The van der Waals surface area contributed by atoms with Crippen molar-refractivity contribution in [2.24, 2.45) is 23.5 Å². The van der Waals surface area contributed by atoms with Crippen molar-refractivity contribution in [3.05, 3.63) is 66.2 Å². The van der Waals surface area contributed by atoms with Gasteiger partial charge in [-0.25, -0.2) is 4.39 Å². The van der Waals surface area contributed by atoms with E-state index in [1.165, 1.54) is 23.0 Å². The van der Waals surface area contributed by atoms with Gasteiger partial charge < -0.3 is 30.7 Å². The monoisotopic (exact) mass is 720 g/mol. The van der Waals surface area contributed by atoms with E-state index in [1.807, 2.05) is 37.1 Å². The Kier molecular flexibility index (Phi) is 12.2. The number of benzene rings is 1. The lowest BCUT2D eigenvalue weighted by Gasteiger charge is -2.34. The second kappa shape index (κ2) is 16.7. The number of aliphatic hydroxyl groups is 2. The fourth-order valence-electron chi connectivity index (χ4n) is 6.37. The first-order valence-corrected chi connectivity index (χ1v) is 18.7. The average Bonchev–Trinajstić information content (AvgIpc) is 3.81. The van der Waals surface area contributed by atoms with E-state index in [4.69, 9.17) is 20.2 Å². The molecule has 51 heavy (non-hydrogen) atoms.